The second-order valence-electron chi connectivity index (χ2n) is 7.49. The Kier molecular flexibility index (Phi) is 4.79. The van der Waals surface area contributed by atoms with Gasteiger partial charge in [-0.1, -0.05) is 6.07 Å². The lowest BCUT2D eigenvalue weighted by atomic mass is 9.74. The SMILES string of the molecule is COc1ccc(C(=O)NC(c2ccc3c(c2)CCO3)C2CC(O)C2)cc1C. The maximum absolute atomic E-state index is 12.9. The van der Waals surface area contributed by atoms with E-state index in [0.29, 0.717) is 25.0 Å². The largest absolute Gasteiger partial charge is 0.496 e. The fourth-order valence-corrected chi connectivity index (χ4v) is 4.02. The molecule has 27 heavy (non-hydrogen) atoms. The Morgan fingerprint density at radius 1 is 1.26 bits per heavy atom. The van der Waals surface area contributed by atoms with Crippen LogP contribution in [-0.2, 0) is 6.42 Å². The Hall–Kier alpha value is -2.53. The van der Waals surface area contributed by atoms with Crippen LogP contribution in [0.15, 0.2) is 36.4 Å². The maximum atomic E-state index is 12.9. The first kappa shape index (κ1) is 17.9. The molecule has 5 heteroatoms. The number of aliphatic hydroxyl groups is 1. The van der Waals surface area contributed by atoms with Gasteiger partial charge in [-0.15, -0.1) is 0 Å². The third kappa shape index (κ3) is 3.52. The minimum absolute atomic E-state index is 0.108. The molecule has 1 fully saturated rings. The van der Waals surface area contributed by atoms with E-state index >= 15 is 0 Å². The van der Waals surface area contributed by atoms with Gasteiger partial charge in [0.2, 0.25) is 0 Å². The Labute approximate surface area is 159 Å². The highest BCUT2D eigenvalue weighted by Gasteiger charge is 2.36. The van der Waals surface area contributed by atoms with Gasteiger partial charge in [-0.25, -0.2) is 0 Å². The average Bonchev–Trinajstić information content (AvgIpc) is 3.11. The van der Waals surface area contributed by atoms with Crippen molar-refractivity contribution in [2.24, 2.45) is 5.92 Å². The van der Waals surface area contributed by atoms with Gasteiger partial charge in [0.1, 0.15) is 11.5 Å². The summed E-state index contributed by atoms with van der Waals surface area (Å²) in [5.74, 6) is 1.83. The molecule has 0 saturated heterocycles. The van der Waals surface area contributed by atoms with Gasteiger partial charge in [0.15, 0.2) is 0 Å². The van der Waals surface area contributed by atoms with Crippen molar-refractivity contribution in [1.82, 2.24) is 5.32 Å². The van der Waals surface area contributed by atoms with Crippen LogP contribution in [0.3, 0.4) is 0 Å². The number of ether oxygens (including phenoxy) is 2. The van der Waals surface area contributed by atoms with Crippen molar-refractivity contribution in [2.75, 3.05) is 13.7 Å². The number of aryl methyl sites for hydroxylation is 1. The first-order chi connectivity index (χ1) is 13.0. The van der Waals surface area contributed by atoms with Crippen molar-refractivity contribution < 1.29 is 19.4 Å². The van der Waals surface area contributed by atoms with E-state index in [1.807, 2.05) is 31.2 Å². The zero-order valence-electron chi connectivity index (χ0n) is 15.7. The van der Waals surface area contributed by atoms with E-state index in [-0.39, 0.29) is 24.0 Å². The Morgan fingerprint density at radius 2 is 2.07 bits per heavy atom. The molecule has 0 spiro atoms. The summed E-state index contributed by atoms with van der Waals surface area (Å²) < 4.78 is 10.9. The molecule has 2 N–H and O–H groups in total. The number of rotatable bonds is 5. The van der Waals surface area contributed by atoms with Crippen LogP contribution in [0.4, 0.5) is 0 Å². The van der Waals surface area contributed by atoms with Gasteiger partial charge < -0.3 is 19.9 Å². The highest BCUT2D eigenvalue weighted by Crippen LogP contribution is 2.40. The standard InChI is InChI=1S/C22H25NO4/c1-13-9-16(4-5-19(13)26-2)22(25)23-21(17-11-18(24)12-17)15-3-6-20-14(10-15)7-8-27-20/h3-6,9-10,17-18,21,24H,7-8,11-12H2,1-2H3,(H,23,25). The number of fused-ring (bicyclic) bond motifs is 1. The van der Waals surface area contributed by atoms with Crippen LogP contribution >= 0.6 is 0 Å². The number of methoxy groups -OCH3 is 1. The number of benzene rings is 2. The van der Waals surface area contributed by atoms with Gasteiger partial charge in [-0.05, 0) is 72.7 Å². The molecule has 1 unspecified atom stereocenters. The molecule has 2 aliphatic rings. The van der Waals surface area contributed by atoms with Crippen LogP contribution in [0.2, 0.25) is 0 Å². The summed E-state index contributed by atoms with van der Waals surface area (Å²) in [6.45, 7) is 2.64. The minimum Gasteiger partial charge on any atom is -0.496 e. The van der Waals surface area contributed by atoms with Crippen molar-refractivity contribution in [3.8, 4) is 11.5 Å². The number of amides is 1. The molecule has 0 bridgehead atoms. The molecule has 0 aromatic heterocycles. The van der Waals surface area contributed by atoms with E-state index < -0.39 is 0 Å². The lowest BCUT2D eigenvalue weighted by Crippen LogP contribution is -2.41. The summed E-state index contributed by atoms with van der Waals surface area (Å²) in [6, 6.07) is 11.5. The lowest BCUT2D eigenvalue weighted by Gasteiger charge is -2.38. The zero-order valence-corrected chi connectivity index (χ0v) is 15.7. The van der Waals surface area contributed by atoms with Gasteiger partial charge in [0.05, 0.1) is 25.9 Å². The topological polar surface area (TPSA) is 67.8 Å². The normalized spacial score (nSPS) is 21.6. The van der Waals surface area contributed by atoms with Crippen LogP contribution in [0.5, 0.6) is 11.5 Å². The summed E-state index contributed by atoms with van der Waals surface area (Å²) in [7, 11) is 1.62. The Morgan fingerprint density at radius 3 is 2.78 bits per heavy atom. The summed E-state index contributed by atoms with van der Waals surface area (Å²) >= 11 is 0. The molecule has 1 amide bonds. The number of carbonyl (C=O) groups is 1. The maximum Gasteiger partial charge on any atom is 0.251 e. The second-order valence-corrected chi connectivity index (χ2v) is 7.49. The Balaban J connectivity index is 1.58. The van der Waals surface area contributed by atoms with Gasteiger partial charge in [-0.2, -0.15) is 0 Å². The second kappa shape index (κ2) is 7.24. The summed E-state index contributed by atoms with van der Waals surface area (Å²) in [5.41, 5.74) is 3.81. The molecule has 1 aliphatic carbocycles. The van der Waals surface area contributed by atoms with Gasteiger partial charge in [0.25, 0.3) is 5.91 Å². The third-order valence-electron chi connectivity index (χ3n) is 5.64. The van der Waals surface area contributed by atoms with Gasteiger partial charge >= 0.3 is 0 Å². The minimum atomic E-state index is -0.268. The molecule has 1 heterocycles. The molecular weight excluding hydrogens is 342 g/mol. The third-order valence-corrected chi connectivity index (χ3v) is 5.64. The smallest absolute Gasteiger partial charge is 0.251 e. The fourth-order valence-electron chi connectivity index (χ4n) is 4.02. The van der Waals surface area contributed by atoms with Gasteiger partial charge in [0, 0.05) is 12.0 Å². The molecule has 2 aromatic carbocycles. The summed E-state index contributed by atoms with van der Waals surface area (Å²) in [6.07, 6.45) is 2.05. The van der Waals surface area contributed by atoms with E-state index in [1.54, 1.807) is 13.2 Å². The molecule has 1 atom stereocenters. The molecule has 2 aromatic rings. The summed E-state index contributed by atoms with van der Waals surface area (Å²) in [4.78, 5) is 12.9. The Bertz CT molecular complexity index is 857. The fraction of sp³-hybridized carbons (Fsp3) is 0.409. The van der Waals surface area contributed by atoms with E-state index in [2.05, 4.69) is 11.4 Å². The molecule has 4 rings (SSSR count). The van der Waals surface area contributed by atoms with Crippen molar-refractivity contribution in [1.29, 1.82) is 0 Å². The van der Waals surface area contributed by atoms with Crippen LogP contribution in [0.1, 0.15) is 45.9 Å². The monoisotopic (exact) mass is 367 g/mol. The highest BCUT2D eigenvalue weighted by atomic mass is 16.5. The molecule has 0 radical (unpaired) electrons. The molecular formula is C22H25NO4. The number of nitrogens with one attached hydrogen (secondary N) is 1. The van der Waals surface area contributed by atoms with E-state index in [1.165, 1.54) is 5.56 Å². The van der Waals surface area contributed by atoms with Crippen LogP contribution in [0, 0.1) is 12.8 Å². The predicted molar refractivity (Wildman–Crippen MR) is 102 cm³/mol. The van der Waals surface area contributed by atoms with Crippen molar-refractivity contribution in [3.63, 3.8) is 0 Å². The molecule has 5 nitrogen and oxygen atoms in total. The summed E-state index contributed by atoms with van der Waals surface area (Å²) in [5, 5.41) is 13.0. The quantitative estimate of drug-likeness (QED) is 0.852. The zero-order chi connectivity index (χ0) is 19.0. The predicted octanol–water partition coefficient (Wildman–Crippen LogP) is 3.18. The van der Waals surface area contributed by atoms with Gasteiger partial charge in [-0.3, -0.25) is 4.79 Å². The molecule has 1 saturated carbocycles. The molecule has 1 aliphatic heterocycles. The number of aliphatic hydroxyl groups excluding tert-OH is 1. The number of hydrogen-bond donors (Lipinski definition) is 2. The molecule has 142 valence electrons. The highest BCUT2D eigenvalue weighted by molar-refractivity contribution is 5.94. The van der Waals surface area contributed by atoms with Crippen molar-refractivity contribution >= 4 is 5.91 Å². The number of carbonyl (C=O) groups excluding carboxylic acids is 1. The van der Waals surface area contributed by atoms with Crippen molar-refractivity contribution in [3.05, 3.63) is 58.7 Å². The first-order valence-corrected chi connectivity index (χ1v) is 9.44. The van der Waals surface area contributed by atoms with E-state index in [9.17, 15) is 9.90 Å². The van der Waals surface area contributed by atoms with E-state index in [4.69, 9.17) is 9.47 Å². The van der Waals surface area contributed by atoms with E-state index in [0.717, 1.165) is 29.0 Å². The first-order valence-electron chi connectivity index (χ1n) is 9.44. The van der Waals surface area contributed by atoms with Crippen LogP contribution in [0.25, 0.3) is 0 Å². The van der Waals surface area contributed by atoms with Crippen LogP contribution in [-0.4, -0.2) is 30.8 Å². The average molecular weight is 367 g/mol. The van der Waals surface area contributed by atoms with Crippen LogP contribution < -0.4 is 14.8 Å². The lowest BCUT2D eigenvalue weighted by molar-refractivity contribution is 0.0235. The number of hydrogen-bond acceptors (Lipinski definition) is 4. The van der Waals surface area contributed by atoms with Crippen molar-refractivity contribution in [2.45, 2.75) is 38.3 Å².